The molecule has 1 aromatic heterocycles. The molecule has 0 aliphatic carbocycles. The molecule has 3 nitrogen and oxygen atoms in total. The van der Waals surface area contributed by atoms with Gasteiger partial charge in [-0.1, -0.05) is 0 Å². The Bertz CT molecular complexity index is 342. The summed E-state index contributed by atoms with van der Waals surface area (Å²) < 4.78 is 0. The van der Waals surface area contributed by atoms with Crippen molar-refractivity contribution in [3.05, 3.63) is 23.9 Å². The quantitative estimate of drug-likeness (QED) is 0.624. The van der Waals surface area contributed by atoms with E-state index in [1.807, 2.05) is 30.8 Å². The molecule has 1 rings (SSSR count). The minimum atomic E-state index is 0.638. The molecular weight excluding hydrogens is 238 g/mol. The van der Waals surface area contributed by atoms with Crippen molar-refractivity contribution in [2.45, 2.75) is 13.3 Å². The van der Waals surface area contributed by atoms with E-state index in [1.54, 1.807) is 6.20 Å². The van der Waals surface area contributed by atoms with Gasteiger partial charge in [0.15, 0.2) is 5.11 Å². The molecule has 0 aliphatic heterocycles. The molecule has 16 heavy (non-hydrogen) atoms. The van der Waals surface area contributed by atoms with Gasteiger partial charge in [0.2, 0.25) is 0 Å². The van der Waals surface area contributed by atoms with E-state index >= 15 is 0 Å². The Morgan fingerprint density at radius 2 is 2.38 bits per heavy atom. The van der Waals surface area contributed by atoms with Gasteiger partial charge in [0.05, 0.1) is 0 Å². The molecule has 5 heteroatoms. The van der Waals surface area contributed by atoms with E-state index in [9.17, 15) is 0 Å². The highest BCUT2D eigenvalue weighted by atomic mass is 32.2. The number of hydrogen-bond acceptors (Lipinski definition) is 3. The molecule has 0 amide bonds. The summed E-state index contributed by atoms with van der Waals surface area (Å²) >= 11 is 7.00. The van der Waals surface area contributed by atoms with Crippen molar-refractivity contribution in [3.8, 4) is 0 Å². The summed E-state index contributed by atoms with van der Waals surface area (Å²) in [6.45, 7) is 2.93. The molecule has 0 aromatic carbocycles. The number of hydrogen-bond donors (Lipinski definition) is 2. The van der Waals surface area contributed by atoms with Gasteiger partial charge in [-0.15, -0.1) is 0 Å². The third-order valence-electron chi connectivity index (χ3n) is 1.97. The Kier molecular flexibility index (Phi) is 6.18. The number of aryl methyl sites for hydroxylation is 1. The number of thioether (sulfide) groups is 1. The van der Waals surface area contributed by atoms with E-state index in [0.29, 0.717) is 5.11 Å². The van der Waals surface area contributed by atoms with E-state index in [4.69, 9.17) is 12.2 Å². The Morgan fingerprint density at radius 1 is 1.56 bits per heavy atom. The van der Waals surface area contributed by atoms with Crippen LogP contribution in [0.1, 0.15) is 12.0 Å². The van der Waals surface area contributed by atoms with E-state index in [2.05, 4.69) is 21.9 Å². The summed E-state index contributed by atoms with van der Waals surface area (Å²) in [5, 5.41) is 6.85. The maximum absolute atomic E-state index is 5.16. The second-order valence-electron chi connectivity index (χ2n) is 3.45. The summed E-state index contributed by atoms with van der Waals surface area (Å²) in [5.41, 5.74) is 1.17. The summed E-state index contributed by atoms with van der Waals surface area (Å²) in [4.78, 5) is 4.18. The highest BCUT2D eigenvalue weighted by Crippen LogP contribution is 2.04. The SMILES string of the molecule is CSCCCNC(=S)Nc1cc(C)ccn1. The first-order valence-corrected chi connectivity index (χ1v) is 6.99. The highest BCUT2D eigenvalue weighted by molar-refractivity contribution is 7.98. The number of pyridine rings is 1. The molecule has 0 saturated carbocycles. The molecule has 1 heterocycles. The lowest BCUT2D eigenvalue weighted by molar-refractivity contribution is 0.854. The van der Waals surface area contributed by atoms with Crippen molar-refractivity contribution < 1.29 is 0 Å². The number of anilines is 1. The Hall–Kier alpha value is -0.810. The van der Waals surface area contributed by atoms with Gasteiger partial charge in [-0.2, -0.15) is 11.8 Å². The van der Waals surface area contributed by atoms with Crippen LogP contribution in [0.4, 0.5) is 5.82 Å². The minimum absolute atomic E-state index is 0.638. The predicted molar refractivity (Wildman–Crippen MR) is 76.2 cm³/mol. The first kappa shape index (κ1) is 13.3. The van der Waals surface area contributed by atoms with Crippen molar-refractivity contribution in [1.29, 1.82) is 0 Å². The first-order chi connectivity index (χ1) is 7.72. The second kappa shape index (κ2) is 7.46. The third-order valence-corrected chi connectivity index (χ3v) is 2.91. The van der Waals surface area contributed by atoms with Crippen LogP contribution in [0.2, 0.25) is 0 Å². The number of nitrogens with one attached hydrogen (secondary N) is 2. The van der Waals surface area contributed by atoms with Crippen LogP contribution in [0.3, 0.4) is 0 Å². The first-order valence-electron chi connectivity index (χ1n) is 5.19. The van der Waals surface area contributed by atoms with Crippen LogP contribution in [-0.4, -0.2) is 28.6 Å². The topological polar surface area (TPSA) is 37.0 Å². The van der Waals surface area contributed by atoms with Gasteiger partial charge < -0.3 is 10.6 Å². The van der Waals surface area contributed by atoms with Gasteiger partial charge in [0.1, 0.15) is 5.82 Å². The normalized spacial score (nSPS) is 9.88. The zero-order chi connectivity index (χ0) is 11.8. The molecular formula is C11H17N3S2. The molecule has 1 aromatic rings. The Morgan fingerprint density at radius 3 is 3.06 bits per heavy atom. The van der Waals surface area contributed by atoms with Crippen LogP contribution >= 0.6 is 24.0 Å². The summed E-state index contributed by atoms with van der Waals surface area (Å²) in [7, 11) is 0. The van der Waals surface area contributed by atoms with Crippen LogP contribution in [0.15, 0.2) is 18.3 Å². The molecule has 0 atom stereocenters. The smallest absolute Gasteiger partial charge is 0.171 e. The van der Waals surface area contributed by atoms with Gasteiger partial charge in [-0.25, -0.2) is 4.98 Å². The molecule has 0 fully saturated rings. The fourth-order valence-corrected chi connectivity index (χ4v) is 1.82. The lowest BCUT2D eigenvalue weighted by atomic mass is 10.3. The third kappa shape index (κ3) is 5.32. The second-order valence-corrected chi connectivity index (χ2v) is 4.84. The highest BCUT2D eigenvalue weighted by Gasteiger charge is 1.97. The molecule has 0 saturated heterocycles. The largest absolute Gasteiger partial charge is 0.362 e. The maximum Gasteiger partial charge on any atom is 0.171 e. The molecule has 0 unspecified atom stereocenters. The lowest BCUT2D eigenvalue weighted by Gasteiger charge is -2.09. The standard InChI is InChI=1S/C11H17N3S2/c1-9-4-6-12-10(8-9)14-11(15)13-5-3-7-16-2/h4,6,8H,3,5,7H2,1-2H3,(H2,12,13,14,15). The van der Waals surface area contributed by atoms with Crippen LogP contribution < -0.4 is 10.6 Å². The molecule has 0 spiro atoms. The fraction of sp³-hybridized carbons (Fsp3) is 0.455. The van der Waals surface area contributed by atoms with Gasteiger partial charge in [-0.05, 0) is 55.3 Å². The fourth-order valence-electron chi connectivity index (χ4n) is 1.18. The zero-order valence-corrected chi connectivity index (χ0v) is 11.3. The van der Waals surface area contributed by atoms with Crippen molar-refractivity contribution in [2.24, 2.45) is 0 Å². The van der Waals surface area contributed by atoms with Crippen molar-refractivity contribution in [2.75, 3.05) is 23.9 Å². The van der Waals surface area contributed by atoms with Crippen molar-refractivity contribution >= 4 is 34.9 Å². The van der Waals surface area contributed by atoms with Gasteiger partial charge in [0.25, 0.3) is 0 Å². The predicted octanol–water partition coefficient (Wildman–Crippen LogP) is 2.43. The van der Waals surface area contributed by atoms with Crippen molar-refractivity contribution in [1.82, 2.24) is 10.3 Å². The molecule has 0 bridgehead atoms. The van der Waals surface area contributed by atoms with Crippen LogP contribution in [-0.2, 0) is 0 Å². The summed E-state index contributed by atoms with van der Waals surface area (Å²) in [5.74, 6) is 1.94. The van der Waals surface area contributed by atoms with Crippen LogP contribution in [0.25, 0.3) is 0 Å². The molecule has 0 aliphatic rings. The Balaban J connectivity index is 2.29. The number of thiocarbonyl (C=S) groups is 1. The lowest BCUT2D eigenvalue weighted by Crippen LogP contribution is -2.29. The molecule has 88 valence electrons. The van der Waals surface area contributed by atoms with Gasteiger partial charge in [0, 0.05) is 12.7 Å². The van der Waals surface area contributed by atoms with E-state index < -0.39 is 0 Å². The van der Waals surface area contributed by atoms with Gasteiger partial charge in [-0.3, -0.25) is 0 Å². The van der Waals surface area contributed by atoms with Crippen LogP contribution in [0, 0.1) is 6.92 Å². The van der Waals surface area contributed by atoms with E-state index in [0.717, 1.165) is 24.5 Å². The van der Waals surface area contributed by atoms with Crippen LogP contribution in [0.5, 0.6) is 0 Å². The number of nitrogens with zero attached hydrogens (tertiary/aromatic N) is 1. The molecule has 0 radical (unpaired) electrons. The zero-order valence-electron chi connectivity index (χ0n) is 9.62. The minimum Gasteiger partial charge on any atom is -0.362 e. The molecule has 2 N–H and O–H groups in total. The van der Waals surface area contributed by atoms with E-state index in [1.165, 1.54) is 5.56 Å². The van der Waals surface area contributed by atoms with Gasteiger partial charge >= 0.3 is 0 Å². The maximum atomic E-state index is 5.16. The average molecular weight is 255 g/mol. The number of aromatic nitrogens is 1. The van der Waals surface area contributed by atoms with Crippen molar-refractivity contribution in [3.63, 3.8) is 0 Å². The average Bonchev–Trinajstić information content (AvgIpc) is 2.24. The number of rotatable bonds is 5. The Labute approximate surface area is 106 Å². The summed E-state index contributed by atoms with van der Waals surface area (Å²) in [6.07, 6.45) is 4.99. The van der Waals surface area contributed by atoms with E-state index in [-0.39, 0.29) is 0 Å². The monoisotopic (exact) mass is 255 g/mol. The summed E-state index contributed by atoms with van der Waals surface area (Å²) in [6, 6.07) is 3.93.